The summed E-state index contributed by atoms with van der Waals surface area (Å²) in [5.41, 5.74) is 0. The average molecular weight is 290 g/mol. The van der Waals surface area contributed by atoms with Crippen molar-refractivity contribution in [2.24, 2.45) is 5.92 Å². The van der Waals surface area contributed by atoms with Crippen LogP contribution in [0.3, 0.4) is 0 Å². The zero-order chi connectivity index (χ0) is 14.5. The van der Waals surface area contributed by atoms with E-state index in [2.05, 4.69) is 14.9 Å². The molecule has 3 heterocycles. The van der Waals surface area contributed by atoms with Crippen LogP contribution in [0.5, 0.6) is 0 Å². The topological polar surface area (TPSA) is 58.6 Å². The second kappa shape index (κ2) is 6.85. The van der Waals surface area contributed by atoms with Crippen molar-refractivity contribution in [1.29, 1.82) is 0 Å². The summed E-state index contributed by atoms with van der Waals surface area (Å²) >= 11 is 0. The molecule has 0 aromatic carbocycles. The normalized spacial score (nSPS) is 20.6. The molecule has 0 saturated carbocycles. The predicted octanol–water partition coefficient (Wildman–Crippen LogP) is 0.942. The molecule has 0 atom stereocenters. The summed E-state index contributed by atoms with van der Waals surface area (Å²) in [4.78, 5) is 24.9. The SMILES string of the molecule is O=C(CC1CCN(c2cnccn2)CC1)N1CCOCC1. The molecule has 0 spiro atoms. The van der Waals surface area contributed by atoms with Crippen molar-refractivity contribution in [3.8, 4) is 0 Å². The molecule has 2 aliphatic rings. The molecule has 0 N–H and O–H groups in total. The molecule has 1 aromatic rings. The Morgan fingerprint density at radius 2 is 1.95 bits per heavy atom. The molecule has 1 aromatic heterocycles. The van der Waals surface area contributed by atoms with Gasteiger partial charge in [-0.05, 0) is 18.8 Å². The fourth-order valence-corrected chi connectivity index (χ4v) is 3.01. The van der Waals surface area contributed by atoms with E-state index in [1.165, 1.54) is 0 Å². The highest BCUT2D eigenvalue weighted by Gasteiger charge is 2.25. The fourth-order valence-electron chi connectivity index (χ4n) is 3.01. The van der Waals surface area contributed by atoms with Gasteiger partial charge in [0, 0.05) is 45.0 Å². The Bertz CT molecular complexity index is 454. The van der Waals surface area contributed by atoms with Gasteiger partial charge in [0.05, 0.1) is 19.4 Å². The molecule has 2 saturated heterocycles. The molecule has 0 unspecified atom stereocenters. The van der Waals surface area contributed by atoms with Crippen molar-refractivity contribution < 1.29 is 9.53 Å². The molecule has 0 aliphatic carbocycles. The maximum absolute atomic E-state index is 12.3. The van der Waals surface area contributed by atoms with Crippen LogP contribution in [0.15, 0.2) is 18.6 Å². The highest BCUT2D eigenvalue weighted by atomic mass is 16.5. The molecule has 6 nitrogen and oxygen atoms in total. The molecule has 1 amide bonds. The third-order valence-electron chi connectivity index (χ3n) is 4.32. The van der Waals surface area contributed by atoms with Crippen LogP contribution in [0.25, 0.3) is 0 Å². The minimum atomic E-state index is 0.288. The average Bonchev–Trinajstić information content (AvgIpc) is 2.57. The number of hydrogen-bond donors (Lipinski definition) is 0. The zero-order valence-corrected chi connectivity index (χ0v) is 12.3. The van der Waals surface area contributed by atoms with Gasteiger partial charge in [-0.3, -0.25) is 9.78 Å². The molecule has 2 fully saturated rings. The van der Waals surface area contributed by atoms with E-state index < -0.39 is 0 Å². The van der Waals surface area contributed by atoms with Gasteiger partial charge in [-0.15, -0.1) is 0 Å². The largest absolute Gasteiger partial charge is 0.378 e. The van der Waals surface area contributed by atoms with Crippen molar-refractivity contribution in [3.05, 3.63) is 18.6 Å². The summed E-state index contributed by atoms with van der Waals surface area (Å²) in [6.07, 6.45) is 7.99. The van der Waals surface area contributed by atoms with E-state index in [9.17, 15) is 4.79 Å². The number of carbonyl (C=O) groups is 1. The van der Waals surface area contributed by atoms with Crippen LogP contribution in [0, 0.1) is 5.92 Å². The quantitative estimate of drug-likeness (QED) is 0.829. The number of morpholine rings is 1. The summed E-state index contributed by atoms with van der Waals surface area (Å²) in [5.74, 6) is 1.72. The number of rotatable bonds is 3. The maximum Gasteiger partial charge on any atom is 0.223 e. The number of amides is 1. The summed E-state index contributed by atoms with van der Waals surface area (Å²) in [7, 11) is 0. The zero-order valence-electron chi connectivity index (χ0n) is 12.3. The molecular formula is C15H22N4O2. The second-order valence-corrected chi connectivity index (χ2v) is 5.69. The molecule has 0 radical (unpaired) electrons. The van der Waals surface area contributed by atoms with E-state index in [4.69, 9.17) is 4.74 Å². The number of piperidine rings is 1. The van der Waals surface area contributed by atoms with Gasteiger partial charge >= 0.3 is 0 Å². The lowest BCUT2D eigenvalue weighted by atomic mass is 9.93. The highest BCUT2D eigenvalue weighted by molar-refractivity contribution is 5.76. The number of nitrogens with zero attached hydrogens (tertiary/aromatic N) is 4. The van der Waals surface area contributed by atoms with E-state index in [0.717, 1.165) is 44.8 Å². The third kappa shape index (κ3) is 3.69. The first-order chi connectivity index (χ1) is 10.3. The van der Waals surface area contributed by atoms with Crippen molar-refractivity contribution in [1.82, 2.24) is 14.9 Å². The summed E-state index contributed by atoms with van der Waals surface area (Å²) < 4.78 is 5.29. The van der Waals surface area contributed by atoms with E-state index >= 15 is 0 Å². The Hall–Kier alpha value is -1.69. The van der Waals surface area contributed by atoms with Gasteiger partial charge in [-0.25, -0.2) is 4.98 Å². The van der Waals surface area contributed by atoms with Gasteiger partial charge in [0.15, 0.2) is 0 Å². The second-order valence-electron chi connectivity index (χ2n) is 5.69. The number of aromatic nitrogens is 2. The lowest BCUT2D eigenvalue weighted by Gasteiger charge is -2.34. The van der Waals surface area contributed by atoms with Gasteiger partial charge in [0.2, 0.25) is 5.91 Å². The van der Waals surface area contributed by atoms with Crippen LogP contribution in [0.2, 0.25) is 0 Å². The molecule has 6 heteroatoms. The Morgan fingerprint density at radius 1 is 1.19 bits per heavy atom. The van der Waals surface area contributed by atoms with E-state index in [1.807, 2.05) is 4.90 Å². The fraction of sp³-hybridized carbons (Fsp3) is 0.667. The standard InChI is InChI=1S/C15H22N4O2/c20-15(19-7-9-21-10-8-19)11-13-1-5-18(6-2-13)14-12-16-3-4-17-14/h3-4,12-13H,1-2,5-11H2. The lowest BCUT2D eigenvalue weighted by molar-refractivity contribution is -0.136. The van der Waals surface area contributed by atoms with Gasteiger partial charge in [0.25, 0.3) is 0 Å². The van der Waals surface area contributed by atoms with Crippen LogP contribution in [-0.4, -0.2) is 60.2 Å². The number of hydrogen-bond acceptors (Lipinski definition) is 5. The van der Waals surface area contributed by atoms with Crippen molar-refractivity contribution in [3.63, 3.8) is 0 Å². The van der Waals surface area contributed by atoms with Gasteiger partial charge in [0.1, 0.15) is 5.82 Å². The van der Waals surface area contributed by atoms with E-state index in [-0.39, 0.29) is 5.91 Å². The first kappa shape index (κ1) is 14.3. The predicted molar refractivity (Wildman–Crippen MR) is 79.0 cm³/mol. The van der Waals surface area contributed by atoms with Crippen molar-refractivity contribution in [2.75, 3.05) is 44.3 Å². The van der Waals surface area contributed by atoms with E-state index in [0.29, 0.717) is 25.6 Å². The summed E-state index contributed by atoms with van der Waals surface area (Å²) in [5, 5.41) is 0. The number of anilines is 1. The number of carbonyl (C=O) groups excluding carboxylic acids is 1. The lowest BCUT2D eigenvalue weighted by Crippen LogP contribution is -2.42. The first-order valence-electron chi connectivity index (χ1n) is 7.69. The highest BCUT2D eigenvalue weighted by Crippen LogP contribution is 2.24. The Morgan fingerprint density at radius 3 is 2.62 bits per heavy atom. The van der Waals surface area contributed by atoms with Crippen LogP contribution in [0.4, 0.5) is 5.82 Å². The molecule has 21 heavy (non-hydrogen) atoms. The smallest absolute Gasteiger partial charge is 0.223 e. The van der Waals surface area contributed by atoms with Crippen LogP contribution >= 0.6 is 0 Å². The Labute approximate surface area is 125 Å². The van der Waals surface area contributed by atoms with Gasteiger partial charge in [-0.1, -0.05) is 0 Å². The maximum atomic E-state index is 12.3. The van der Waals surface area contributed by atoms with Gasteiger partial charge in [-0.2, -0.15) is 0 Å². The van der Waals surface area contributed by atoms with Crippen LogP contribution in [0.1, 0.15) is 19.3 Å². The van der Waals surface area contributed by atoms with Crippen molar-refractivity contribution >= 4 is 11.7 Å². The van der Waals surface area contributed by atoms with Crippen LogP contribution in [-0.2, 0) is 9.53 Å². The molecular weight excluding hydrogens is 268 g/mol. The third-order valence-corrected chi connectivity index (χ3v) is 4.32. The summed E-state index contributed by atoms with van der Waals surface area (Å²) in [6.45, 7) is 4.77. The monoisotopic (exact) mass is 290 g/mol. The van der Waals surface area contributed by atoms with E-state index in [1.54, 1.807) is 18.6 Å². The molecule has 2 aliphatic heterocycles. The minimum Gasteiger partial charge on any atom is -0.378 e. The molecule has 0 bridgehead atoms. The first-order valence-corrected chi connectivity index (χ1v) is 7.69. The van der Waals surface area contributed by atoms with Gasteiger partial charge < -0.3 is 14.5 Å². The Balaban J connectivity index is 1.46. The van der Waals surface area contributed by atoms with Crippen LogP contribution < -0.4 is 4.90 Å². The Kier molecular flexibility index (Phi) is 4.65. The van der Waals surface area contributed by atoms with Crippen molar-refractivity contribution in [2.45, 2.75) is 19.3 Å². The summed E-state index contributed by atoms with van der Waals surface area (Å²) in [6, 6.07) is 0. The molecule has 3 rings (SSSR count). The minimum absolute atomic E-state index is 0.288. The number of ether oxygens (including phenoxy) is 1. The molecule has 114 valence electrons.